The lowest BCUT2D eigenvalue weighted by Crippen LogP contribution is -2.39. The number of nitrogens with one attached hydrogen (secondary N) is 1. The van der Waals surface area contributed by atoms with Crippen LogP contribution in [0.1, 0.15) is 63.2 Å². The summed E-state index contributed by atoms with van der Waals surface area (Å²) >= 11 is 0. The molecule has 0 aromatic heterocycles. The molecule has 1 aromatic carbocycles. The first-order valence-corrected chi connectivity index (χ1v) is 10.9. The number of carbonyl (C=O) groups excluding carboxylic acids is 1. The molecule has 0 bridgehead atoms. The Balaban J connectivity index is 1.95. The maximum Gasteiger partial charge on any atom is 0.251 e. The number of amides is 1. The van der Waals surface area contributed by atoms with E-state index in [1.165, 1.54) is 32.6 Å². The molecule has 0 heterocycles. The van der Waals surface area contributed by atoms with Crippen molar-refractivity contribution < 1.29 is 13.2 Å². The van der Waals surface area contributed by atoms with Gasteiger partial charge in [-0.2, -0.15) is 0 Å². The maximum atomic E-state index is 12.5. The van der Waals surface area contributed by atoms with E-state index in [1.54, 1.807) is 12.1 Å². The Hall–Kier alpha value is -1.40. The summed E-state index contributed by atoms with van der Waals surface area (Å²) in [6.45, 7) is 6.91. The van der Waals surface area contributed by atoms with E-state index in [1.807, 2.05) is 0 Å². The predicted octanol–water partition coefficient (Wildman–Crippen LogP) is 3.66. The average Bonchev–Trinajstić information content (AvgIpc) is 2.62. The van der Waals surface area contributed by atoms with Gasteiger partial charge in [-0.1, -0.05) is 27.2 Å². The standard InChI is InChI=1S/C20H32N2O3S/c1-6-20(2,3)16-9-11-17(12-10-16)21-19(23)15-7-13-18(14-8-15)26(24,25)22(4)5/h7-8,13-14,16-17H,6,9-12H2,1-5H3,(H,21,23). The molecule has 0 aliphatic heterocycles. The Kier molecular flexibility index (Phi) is 6.51. The van der Waals surface area contributed by atoms with E-state index in [-0.39, 0.29) is 16.8 Å². The van der Waals surface area contributed by atoms with Gasteiger partial charge in [-0.05, 0) is 61.3 Å². The molecule has 0 atom stereocenters. The van der Waals surface area contributed by atoms with E-state index in [2.05, 4.69) is 26.1 Å². The highest BCUT2D eigenvalue weighted by Crippen LogP contribution is 2.40. The normalized spacial score (nSPS) is 21.6. The highest BCUT2D eigenvalue weighted by atomic mass is 32.2. The van der Waals surface area contributed by atoms with Crippen molar-refractivity contribution in [2.45, 2.75) is 63.8 Å². The lowest BCUT2D eigenvalue weighted by atomic mass is 9.69. The Morgan fingerprint density at radius 1 is 1.12 bits per heavy atom. The first-order valence-electron chi connectivity index (χ1n) is 9.41. The molecule has 1 N–H and O–H groups in total. The summed E-state index contributed by atoms with van der Waals surface area (Å²) in [5.41, 5.74) is 0.863. The van der Waals surface area contributed by atoms with Crippen molar-refractivity contribution in [1.29, 1.82) is 0 Å². The molecule has 1 aliphatic carbocycles. The second kappa shape index (κ2) is 8.09. The van der Waals surface area contributed by atoms with Crippen molar-refractivity contribution in [2.24, 2.45) is 11.3 Å². The zero-order valence-corrected chi connectivity index (χ0v) is 17.4. The number of nitrogens with zero attached hydrogens (tertiary/aromatic N) is 1. The number of sulfonamides is 1. The fourth-order valence-corrected chi connectivity index (χ4v) is 4.47. The lowest BCUT2D eigenvalue weighted by Gasteiger charge is -2.39. The van der Waals surface area contributed by atoms with Crippen LogP contribution < -0.4 is 5.32 Å². The van der Waals surface area contributed by atoms with Gasteiger partial charge >= 0.3 is 0 Å². The fourth-order valence-electron chi connectivity index (χ4n) is 3.57. The Morgan fingerprint density at radius 2 is 1.65 bits per heavy atom. The van der Waals surface area contributed by atoms with Gasteiger partial charge in [0.25, 0.3) is 5.91 Å². The highest BCUT2D eigenvalue weighted by molar-refractivity contribution is 7.89. The van der Waals surface area contributed by atoms with Crippen LogP contribution in [0.2, 0.25) is 0 Å². The molecule has 146 valence electrons. The van der Waals surface area contributed by atoms with Gasteiger partial charge in [-0.25, -0.2) is 12.7 Å². The monoisotopic (exact) mass is 380 g/mol. The molecular weight excluding hydrogens is 348 g/mol. The Morgan fingerprint density at radius 3 is 2.12 bits per heavy atom. The van der Waals surface area contributed by atoms with Crippen LogP contribution in [0.4, 0.5) is 0 Å². The largest absolute Gasteiger partial charge is 0.349 e. The summed E-state index contributed by atoms with van der Waals surface area (Å²) in [6, 6.07) is 6.35. The van der Waals surface area contributed by atoms with E-state index in [0.717, 1.165) is 35.9 Å². The van der Waals surface area contributed by atoms with Gasteiger partial charge in [-0.3, -0.25) is 4.79 Å². The third-order valence-electron chi connectivity index (χ3n) is 5.97. The number of hydrogen-bond donors (Lipinski definition) is 1. The molecule has 0 radical (unpaired) electrons. The molecule has 1 saturated carbocycles. The molecule has 6 heteroatoms. The lowest BCUT2D eigenvalue weighted by molar-refractivity contribution is 0.0893. The third-order valence-corrected chi connectivity index (χ3v) is 7.80. The van der Waals surface area contributed by atoms with Crippen LogP contribution in [0.5, 0.6) is 0 Å². The molecule has 26 heavy (non-hydrogen) atoms. The Bertz CT molecular complexity index is 716. The van der Waals surface area contributed by atoms with Crippen LogP contribution in [-0.4, -0.2) is 38.8 Å². The van der Waals surface area contributed by atoms with Crippen molar-refractivity contribution in [3.05, 3.63) is 29.8 Å². The zero-order chi connectivity index (χ0) is 19.5. The summed E-state index contributed by atoms with van der Waals surface area (Å²) in [5, 5.41) is 3.11. The van der Waals surface area contributed by atoms with Crippen LogP contribution in [0.15, 0.2) is 29.2 Å². The van der Waals surface area contributed by atoms with Gasteiger partial charge in [0, 0.05) is 25.7 Å². The number of benzene rings is 1. The van der Waals surface area contributed by atoms with E-state index < -0.39 is 10.0 Å². The van der Waals surface area contributed by atoms with Gasteiger partial charge in [0.15, 0.2) is 0 Å². The van der Waals surface area contributed by atoms with Crippen LogP contribution in [0.3, 0.4) is 0 Å². The second-order valence-electron chi connectivity index (χ2n) is 8.18. The minimum Gasteiger partial charge on any atom is -0.349 e. The number of hydrogen-bond acceptors (Lipinski definition) is 3. The number of carbonyl (C=O) groups is 1. The van der Waals surface area contributed by atoms with E-state index >= 15 is 0 Å². The molecule has 1 aromatic rings. The molecule has 0 unspecified atom stereocenters. The SMILES string of the molecule is CCC(C)(C)C1CCC(NC(=O)c2ccc(S(=O)(=O)N(C)C)cc2)CC1. The topological polar surface area (TPSA) is 66.5 Å². The van der Waals surface area contributed by atoms with Crippen molar-refractivity contribution in [1.82, 2.24) is 9.62 Å². The van der Waals surface area contributed by atoms with Gasteiger partial charge < -0.3 is 5.32 Å². The van der Waals surface area contributed by atoms with Crippen molar-refractivity contribution >= 4 is 15.9 Å². The molecule has 0 spiro atoms. The van der Waals surface area contributed by atoms with E-state index in [4.69, 9.17) is 0 Å². The first-order chi connectivity index (χ1) is 12.1. The summed E-state index contributed by atoms with van der Waals surface area (Å²) in [5.74, 6) is 0.591. The van der Waals surface area contributed by atoms with Crippen LogP contribution >= 0.6 is 0 Å². The third kappa shape index (κ3) is 4.65. The maximum absolute atomic E-state index is 12.5. The van der Waals surface area contributed by atoms with Crippen LogP contribution in [0, 0.1) is 11.3 Å². The Labute approximate surface area is 158 Å². The molecule has 2 rings (SSSR count). The molecule has 1 amide bonds. The van der Waals surface area contributed by atoms with Crippen molar-refractivity contribution in [3.8, 4) is 0 Å². The van der Waals surface area contributed by atoms with Gasteiger partial charge in [0.1, 0.15) is 0 Å². The minimum absolute atomic E-state index is 0.128. The molecule has 1 aliphatic rings. The van der Waals surface area contributed by atoms with Gasteiger partial charge in [-0.15, -0.1) is 0 Å². The number of rotatable bonds is 6. The molecule has 0 saturated heterocycles. The quantitative estimate of drug-likeness (QED) is 0.819. The zero-order valence-electron chi connectivity index (χ0n) is 16.6. The molecular formula is C20H32N2O3S. The van der Waals surface area contributed by atoms with E-state index in [0.29, 0.717) is 11.0 Å². The summed E-state index contributed by atoms with van der Waals surface area (Å²) in [6.07, 6.45) is 5.48. The smallest absolute Gasteiger partial charge is 0.251 e. The fraction of sp³-hybridized carbons (Fsp3) is 0.650. The predicted molar refractivity (Wildman–Crippen MR) is 105 cm³/mol. The van der Waals surface area contributed by atoms with Crippen LogP contribution in [-0.2, 0) is 10.0 Å². The second-order valence-corrected chi connectivity index (χ2v) is 10.3. The van der Waals surface area contributed by atoms with Gasteiger partial charge in [0.05, 0.1) is 4.90 Å². The highest BCUT2D eigenvalue weighted by Gasteiger charge is 2.32. The minimum atomic E-state index is -3.47. The molecule has 5 nitrogen and oxygen atoms in total. The summed E-state index contributed by atoms with van der Waals surface area (Å²) < 4.78 is 25.3. The summed E-state index contributed by atoms with van der Waals surface area (Å²) in [4.78, 5) is 12.7. The van der Waals surface area contributed by atoms with Crippen molar-refractivity contribution in [2.75, 3.05) is 14.1 Å². The first kappa shape index (κ1) is 20.9. The van der Waals surface area contributed by atoms with Crippen molar-refractivity contribution in [3.63, 3.8) is 0 Å². The van der Waals surface area contributed by atoms with E-state index in [9.17, 15) is 13.2 Å². The van der Waals surface area contributed by atoms with Crippen LogP contribution in [0.25, 0.3) is 0 Å². The summed E-state index contributed by atoms with van der Waals surface area (Å²) in [7, 11) is -0.483. The molecule has 1 fully saturated rings. The van der Waals surface area contributed by atoms with Gasteiger partial charge in [0.2, 0.25) is 10.0 Å². The average molecular weight is 381 g/mol.